The molecule has 4 rings (SSSR count). The molecule has 148 valence electrons. The second-order valence-corrected chi connectivity index (χ2v) is 6.88. The third-order valence-corrected chi connectivity index (χ3v) is 4.98. The number of carbonyl (C=O) groups is 2. The molecule has 2 aromatic carbocycles. The van der Waals surface area contributed by atoms with Crippen LogP contribution in [0.1, 0.15) is 34.8 Å². The summed E-state index contributed by atoms with van der Waals surface area (Å²) >= 11 is 0. The smallest absolute Gasteiger partial charge is 0.291 e. The number of rotatable bonds is 4. The van der Waals surface area contributed by atoms with E-state index in [2.05, 4.69) is 20.5 Å². The zero-order chi connectivity index (χ0) is 20.4. The summed E-state index contributed by atoms with van der Waals surface area (Å²) in [6, 6.07) is 16.2. The first kappa shape index (κ1) is 18.7. The van der Waals surface area contributed by atoms with Gasteiger partial charge in [0.15, 0.2) is 0 Å². The van der Waals surface area contributed by atoms with Crippen LogP contribution in [0.5, 0.6) is 5.75 Å². The van der Waals surface area contributed by atoms with E-state index in [0.717, 1.165) is 5.56 Å². The molecule has 2 unspecified atom stereocenters. The topological polar surface area (TPSA) is 100 Å². The van der Waals surface area contributed by atoms with Gasteiger partial charge in [-0.3, -0.25) is 14.7 Å². The lowest BCUT2D eigenvalue weighted by Crippen LogP contribution is -2.49. The van der Waals surface area contributed by atoms with Gasteiger partial charge in [-0.2, -0.15) is 0 Å². The van der Waals surface area contributed by atoms with Gasteiger partial charge in [0.1, 0.15) is 24.2 Å². The molecule has 2 heterocycles. The van der Waals surface area contributed by atoms with E-state index in [-0.39, 0.29) is 24.3 Å². The third kappa shape index (κ3) is 3.69. The van der Waals surface area contributed by atoms with Crippen molar-refractivity contribution in [2.24, 2.45) is 0 Å². The van der Waals surface area contributed by atoms with Crippen LogP contribution in [0.25, 0.3) is 0 Å². The van der Waals surface area contributed by atoms with Crippen LogP contribution in [0.15, 0.2) is 54.6 Å². The highest BCUT2D eigenvalue weighted by Gasteiger charge is 2.31. The van der Waals surface area contributed by atoms with E-state index in [1.807, 2.05) is 49.4 Å². The molecular formula is C21H21N5O3. The first-order valence-corrected chi connectivity index (χ1v) is 9.32. The Bertz CT molecular complexity index is 1030. The SMILES string of the molecule is CC(c1ccccc1)c1nc(C(=O)NC2COc3ccccc3N(C)C2=O)n[nH]1. The van der Waals surface area contributed by atoms with Crippen LogP contribution in [0, 0.1) is 0 Å². The molecule has 0 aliphatic carbocycles. The number of nitrogens with zero attached hydrogens (tertiary/aromatic N) is 3. The van der Waals surface area contributed by atoms with E-state index >= 15 is 0 Å². The monoisotopic (exact) mass is 391 g/mol. The number of carbonyl (C=O) groups excluding carboxylic acids is 2. The summed E-state index contributed by atoms with van der Waals surface area (Å²) in [7, 11) is 1.65. The molecular weight excluding hydrogens is 370 g/mol. The van der Waals surface area contributed by atoms with Gasteiger partial charge < -0.3 is 15.0 Å². The molecule has 8 heteroatoms. The lowest BCUT2D eigenvalue weighted by molar-refractivity contribution is -0.120. The first-order valence-electron chi connectivity index (χ1n) is 9.32. The highest BCUT2D eigenvalue weighted by atomic mass is 16.5. The Morgan fingerprint density at radius 3 is 2.72 bits per heavy atom. The highest BCUT2D eigenvalue weighted by Crippen LogP contribution is 2.29. The maximum Gasteiger partial charge on any atom is 0.291 e. The van der Waals surface area contributed by atoms with Crippen LogP contribution in [-0.4, -0.2) is 46.7 Å². The van der Waals surface area contributed by atoms with E-state index in [1.54, 1.807) is 19.2 Å². The number of ether oxygens (including phenoxy) is 1. The number of H-pyrrole nitrogens is 1. The largest absolute Gasteiger partial charge is 0.489 e. The molecule has 0 saturated carbocycles. The number of nitrogens with one attached hydrogen (secondary N) is 2. The maximum absolute atomic E-state index is 12.8. The predicted molar refractivity (Wildman–Crippen MR) is 107 cm³/mol. The van der Waals surface area contributed by atoms with Crippen LogP contribution in [0.2, 0.25) is 0 Å². The number of para-hydroxylation sites is 2. The summed E-state index contributed by atoms with van der Waals surface area (Å²) in [4.78, 5) is 31.2. The molecule has 29 heavy (non-hydrogen) atoms. The summed E-state index contributed by atoms with van der Waals surface area (Å²) in [5.41, 5.74) is 1.72. The number of fused-ring (bicyclic) bond motifs is 1. The minimum absolute atomic E-state index is 0.0139. The molecule has 0 bridgehead atoms. The Balaban J connectivity index is 1.47. The van der Waals surface area contributed by atoms with Gasteiger partial charge in [-0.25, -0.2) is 4.98 Å². The third-order valence-electron chi connectivity index (χ3n) is 4.98. The molecule has 1 aliphatic heterocycles. The van der Waals surface area contributed by atoms with E-state index in [1.165, 1.54) is 4.90 Å². The highest BCUT2D eigenvalue weighted by molar-refractivity contribution is 6.02. The number of aromatic amines is 1. The van der Waals surface area contributed by atoms with Gasteiger partial charge in [-0.1, -0.05) is 49.4 Å². The van der Waals surface area contributed by atoms with E-state index in [0.29, 0.717) is 17.3 Å². The standard InChI is InChI=1S/C21H21N5O3/c1-13(14-8-4-3-5-9-14)18-23-19(25-24-18)20(27)22-15-12-29-17-11-7-6-10-16(17)26(2)21(15)28/h3-11,13,15H,12H2,1-2H3,(H,22,27)(H,23,24,25). The molecule has 3 aromatic rings. The Kier molecular flexibility index (Phi) is 4.99. The van der Waals surface area contributed by atoms with E-state index in [4.69, 9.17) is 4.74 Å². The Labute approximate surface area is 167 Å². The van der Waals surface area contributed by atoms with Crippen molar-refractivity contribution in [2.45, 2.75) is 18.9 Å². The number of benzene rings is 2. The average molecular weight is 391 g/mol. The van der Waals surface area contributed by atoms with Crippen molar-refractivity contribution < 1.29 is 14.3 Å². The molecule has 8 nitrogen and oxygen atoms in total. The number of aromatic nitrogens is 3. The Hall–Kier alpha value is -3.68. The van der Waals surface area contributed by atoms with Crippen molar-refractivity contribution >= 4 is 17.5 Å². The van der Waals surface area contributed by atoms with Crippen molar-refractivity contribution in [1.29, 1.82) is 0 Å². The number of hydrogen-bond acceptors (Lipinski definition) is 5. The van der Waals surface area contributed by atoms with Crippen LogP contribution < -0.4 is 15.0 Å². The number of anilines is 1. The van der Waals surface area contributed by atoms with Gasteiger partial charge in [0.05, 0.1) is 5.69 Å². The molecule has 1 aliphatic rings. The summed E-state index contributed by atoms with van der Waals surface area (Å²) in [5, 5.41) is 9.52. The molecule has 0 fully saturated rings. The van der Waals surface area contributed by atoms with Crippen LogP contribution in [-0.2, 0) is 4.79 Å². The molecule has 0 saturated heterocycles. The van der Waals surface area contributed by atoms with Crippen LogP contribution >= 0.6 is 0 Å². The van der Waals surface area contributed by atoms with Crippen LogP contribution in [0.3, 0.4) is 0 Å². The maximum atomic E-state index is 12.8. The number of likely N-dealkylation sites (N-methyl/N-ethyl adjacent to an activating group) is 1. The lowest BCUT2D eigenvalue weighted by atomic mass is 10.0. The summed E-state index contributed by atoms with van der Waals surface area (Å²) in [5.74, 6) is 0.311. The quantitative estimate of drug-likeness (QED) is 0.710. The van der Waals surface area contributed by atoms with Gasteiger partial charge in [0.25, 0.3) is 11.8 Å². The molecule has 1 aromatic heterocycles. The fourth-order valence-corrected chi connectivity index (χ4v) is 3.25. The second kappa shape index (κ2) is 7.75. The van der Waals surface area contributed by atoms with Gasteiger partial charge >= 0.3 is 0 Å². The van der Waals surface area contributed by atoms with E-state index < -0.39 is 11.9 Å². The number of hydrogen-bond donors (Lipinski definition) is 2. The first-order chi connectivity index (χ1) is 14.0. The summed E-state index contributed by atoms with van der Waals surface area (Å²) in [6.45, 7) is 2.01. The van der Waals surface area contributed by atoms with Crippen molar-refractivity contribution in [1.82, 2.24) is 20.5 Å². The Morgan fingerprint density at radius 1 is 1.21 bits per heavy atom. The minimum Gasteiger partial charge on any atom is -0.489 e. The van der Waals surface area contributed by atoms with Gasteiger partial charge in [-0.05, 0) is 17.7 Å². The van der Waals surface area contributed by atoms with E-state index in [9.17, 15) is 9.59 Å². The molecule has 2 atom stereocenters. The zero-order valence-corrected chi connectivity index (χ0v) is 16.1. The fourth-order valence-electron chi connectivity index (χ4n) is 3.25. The van der Waals surface area contributed by atoms with Crippen molar-refractivity contribution in [3.63, 3.8) is 0 Å². The lowest BCUT2D eigenvalue weighted by Gasteiger charge is -2.19. The molecule has 0 radical (unpaired) electrons. The average Bonchev–Trinajstić information content (AvgIpc) is 3.22. The summed E-state index contributed by atoms with van der Waals surface area (Å²) in [6.07, 6.45) is 0. The van der Waals surface area contributed by atoms with Gasteiger partial charge in [0, 0.05) is 13.0 Å². The molecule has 2 N–H and O–H groups in total. The van der Waals surface area contributed by atoms with Crippen LogP contribution in [0.4, 0.5) is 5.69 Å². The minimum atomic E-state index is -0.839. The van der Waals surface area contributed by atoms with Crippen molar-refractivity contribution in [3.05, 3.63) is 71.8 Å². The predicted octanol–water partition coefficient (Wildman–Crippen LogP) is 2.11. The Morgan fingerprint density at radius 2 is 1.93 bits per heavy atom. The molecule has 0 spiro atoms. The van der Waals surface area contributed by atoms with Crippen molar-refractivity contribution in [2.75, 3.05) is 18.6 Å². The summed E-state index contributed by atoms with van der Waals surface area (Å²) < 4.78 is 5.71. The van der Waals surface area contributed by atoms with Gasteiger partial charge in [0.2, 0.25) is 5.82 Å². The molecule has 2 amide bonds. The normalized spacial score (nSPS) is 17.1. The van der Waals surface area contributed by atoms with Gasteiger partial charge in [-0.15, -0.1) is 5.10 Å². The number of amides is 2. The fraction of sp³-hybridized carbons (Fsp3) is 0.238. The van der Waals surface area contributed by atoms with Crippen molar-refractivity contribution in [3.8, 4) is 5.75 Å². The second-order valence-electron chi connectivity index (χ2n) is 6.88. The zero-order valence-electron chi connectivity index (χ0n) is 16.1.